The lowest BCUT2D eigenvalue weighted by Crippen LogP contribution is -2.13. The first-order valence-corrected chi connectivity index (χ1v) is 4.85. The van der Waals surface area contributed by atoms with E-state index in [0.29, 0.717) is 0 Å². The minimum atomic E-state index is -0.633. The molecule has 5 heteroatoms. The number of nitrogens with zero attached hydrogens (tertiary/aromatic N) is 3. The van der Waals surface area contributed by atoms with Crippen LogP contribution in [-0.2, 0) is 11.3 Å². The van der Waals surface area contributed by atoms with Gasteiger partial charge in [-0.05, 0) is 6.42 Å². The molecule has 0 bridgehead atoms. The number of aliphatic hydroxyl groups excluding tert-OH is 1. The molecule has 0 amide bonds. The molecule has 0 aliphatic heterocycles. The Kier molecular flexibility index (Phi) is 4.55. The number of unbranched alkanes of at least 4 members (excludes halogenated alkanes) is 1. The molecule has 1 heterocycles. The van der Waals surface area contributed by atoms with E-state index in [4.69, 9.17) is 4.74 Å². The summed E-state index contributed by atoms with van der Waals surface area (Å²) in [5.41, 5.74) is 0.723. The zero-order valence-corrected chi connectivity index (χ0v) is 8.68. The maximum atomic E-state index is 9.66. The Hall–Kier alpha value is -0.940. The number of hydrogen-bond donors (Lipinski definition) is 1. The minimum Gasteiger partial charge on any atom is -0.384 e. The SMILES string of the molecule is CCCCn1nncc1C(O)COC. The fraction of sp³-hybridized carbons (Fsp3) is 0.778. The first-order chi connectivity index (χ1) is 6.79. The van der Waals surface area contributed by atoms with E-state index >= 15 is 0 Å². The molecule has 1 N–H and O–H groups in total. The Labute approximate surface area is 83.7 Å². The van der Waals surface area contributed by atoms with Crippen LogP contribution in [0, 0.1) is 0 Å². The highest BCUT2D eigenvalue weighted by Gasteiger charge is 2.13. The van der Waals surface area contributed by atoms with Crippen molar-refractivity contribution in [1.82, 2.24) is 15.0 Å². The highest BCUT2D eigenvalue weighted by molar-refractivity contribution is 4.98. The molecular weight excluding hydrogens is 182 g/mol. The molecule has 0 spiro atoms. The van der Waals surface area contributed by atoms with Gasteiger partial charge in [0, 0.05) is 13.7 Å². The van der Waals surface area contributed by atoms with Crippen LogP contribution in [-0.4, -0.2) is 33.8 Å². The van der Waals surface area contributed by atoms with Gasteiger partial charge in [0.05, 0.1) is 18.5 Å². The third kappa shape index (κ3) is 2.78. The summed E-state index contributed by atoms with van der Waals surface area (Å²) in [6, 6.07) is 0. The van der Waals surface area contributed by atoms with Crippen molar-refractivity contribution in [1.29, 1.82) is 0 Å². The normalized spacial score (nSPS) is 13.1. The molecule has 80 valence electrons. The van der Waals surface area contributed by atoms with Crippen LogP contribution < -0.4 is 0 Å². The Morgan fingerprint density at radius 1 is 1.64 bits per heavy atom. The Morgan fingerprint density at radius 3 is 3.07 bits per heavy atom. The Balaban J connectivity index is 2.61. The molecule has 5 nitrogen and oxygen atoms in total. The summed E-state index contributed by atoms with van der Waals surface area (Å²) >= 11 is 0. The standard InChI is InChI=1S/C9H17N3O2/c1-3-4-5-12-8(6-10-11-12)9(13)7-14-2/h6,9,13H,3-5,7H2,1-2H3. The lowest BCUT2D eigenvalue weighted by Gasteiger charge is -2.10. The van der Waals surface area contributed by atoms with E-state index in [1.54, 1.807) is 18.0 Å². The lowest BCUT2D eigenvalue weighted by molar-refractivity contribution is 0.0584. The molecule has 1 atom stereocenters. The van der Waals surface area contributed by atoms with E-state index in [1.165, 1.54) is 0 Å². The van der Waals surface area contributed by atoms with E-state index in [-0.39, 0.29) is 6.61 Å². The quantitative estimate of drug-likeness (QED) is 0.734. The van der Waals surface area contributed by atoms with Gasteiger partial charge in [-0.3, -0.25) is 0 Å². The number of rotatable bonds is 6. The van der Waals surface area contributed by atoms with Crippen molar-refractivity contribution < 1.29 is 9.84 Å². The van der Waals surface area contributed by atoms with E-state index in [9.17, 15) is 5.11 Å². The van der Waals surface area contributed by atoms with Gasteiger partial charge in [0.15, 0.2) is 0 Å². The van der Waals surface area contributed by atoms with Crippen molar-refractivity contribution in [3.8, 4) is 0 Å². The van der Waals surface area contributed by atoms with E-state index in [2.05, 4.69) is 17.2 Å². The van der Waals surface area contributed by atoms with Crippen molar-refractivity contribution in [3.63, 3.8) is 0 Å². The van der Waals surface area contributed by atoms with Crippen LogP contribution >= 0.6 is 0 Å². The molecule has 14 heavy (non-hydrogen) atoms. The van der Waals surface area contributed by atoms with Gasteiger partial charge < -0.3 is 9.84 Å². The van der Waals surface area contributed by atoms with Gasteiger partial charge in [-0.15, -0.1) is 5.10 Å². The van der Waals surface area contributed by atoms with Gasteiger partial charge in [0.25, 0.3) is 0 Å². The average Bonchev–Trinajstić information content (AvgIpc) is 2.63. The van der Waals surface area contributed by atoms with Gasteiger partial charge >= 0.3 is 0 Å². The number of methoxy groups -OCH3 is 1. The van der Waals surface area contributed by atoms with Crippen LogP contribution in [0.1, 0.15) is 31.6 Å². The second kappa shape index (κ2) is 5.72. The molecule has 0 aromatic carbocycles. The largest absolute Gasteiger partial charge is 0.384 e. The number of aliphatic hydroxyl groups is 1. The van der Waals surface area contributed by atoms with E-state index < -0.39 is 6.10 Å². The maximum Gasteiger partial charge on any atom is 0.120 e. The summed E-state index contributed by atoms with van der Waals surface area (Å²) in [5, 5.41) is 17.3. The van der Waals surface area contributed by atoms with Gasteiger partial charge in [-0.25, -0.2) is 4.68 Å². The molecule has 1 unspecified atom stereocenters. The summed E-state index contributed by atoms with van der Waals surface area (Å²) in [4.78, 5) is 0. The second-order valence-corrected chi connectivity index (χ2v) is 3.21. The van der Waals surface area contributed by atoms with Crippen LogP contribution in [0.15, 0.2) is 6.20 Å². The molecule has 1 aromatic heterocycles. The van der Waals surface area contributed by atoms with Crippen LogP contribution in [0.25, 0.3) is 0 Å². The highest BCUT2D eigenvalue weighted by Crippen LogP contribution is 2.11. The third-order valence-corrected chi connectivity index (χ3v) is 2.04. The van der Waals surface area contributed by atoms with Crippen LogP contribution in [0.5, 0.6) is 0 Å². The van der Waals surface area contributed by atoms with E-state index in [1.807, 2.05) is 0 Å². The zero-order chi connectivity index (χ0) is 10.4. The van der Waals surface area contributed by atoms with Gasteiger partial charge in [0.1, 0.15) is 6.10 Å². The number of aromatic nitrogens is 3. The summed E-state index contributed by atoms with van der Waals surface area (Å²) in [6.07, 6.45) is 3.08. The first-order valence-electron chi connectivity index (χ1n) is 4.85. The average molecular weight is 199 g/mol. The van der Waals surface area contributed by atoms with Crippen molar-refractivity contribution in [2.24, 2.45) is 0 Å². The molecular formula is C9H17N3O2. The van der Waals surface area contributed by atoms with Gasteiger partial charge in [-0.1, -0.05) is 18.6 Å². The number of aryl methyl sites for hydroxylation is 1. The number of ether oxygens (including phenoxy) is 1. The van der Waals surface area contributed by atoms with E-state index in [0.717, 1.165) is 25.1 Å². The maximum absolute atomic E-state index is 9.66. The predicted molar refractivity (Wildman–Crippen MR) is 51.8 cm³/mol. The highest BCUT2D eigenvalue weighted by atomic mass is 16.5. The molecule has 0 radical (unpaired) electrons. The minimum absolute atomic E-state index is 0.277. The summed E-state index contributed by atoms with van der Waals surface area (Å²) in [5.74, 6) is 0. The van der Waals surface area contributed by atoms with Crippen molar-refractivity contribution in [2.45, 2.75) is 32.4 Å². The first kappa shape index (κ1) is 11.1. The predicted octanol–water partition coefficient (Wildman–Crippen LogP) is 0.758. The Morgan fingerprint density at radius 2 is 2.43 bits per heavy atom. The van der Waals surface area contributed by atoms with Crippen molar-refractivity contribution in [3.05, 3.63) is 11.9 Å². The fourth-order valence-corrected chi connectivity index (χ4v) is 1.25. The number of hydrogen-bond acceptors (Lipinski definition) is 4. The molecule has 0 saturated heterocycles. The smallest absolute Gasteiger partial charge is 0.120 e. The van der Waals surface area contributed by atoms with Crippen LogP contribution in [0.3, 0.4) is 0 Å². The molecule has 0 aliphatic rings. The monoisotopic (exact) mass is 199 g/mol. The lowest BCUT2D eigenvalue weighted by atomic mass is 10.2. The van der Waals surface area contributed by atoms with Crippen LogP contribution in [0.4, 0.5) is 0 Å². The van der Waals surface area contributed by atoms with Gasteiger partial charge in [0.2, 0.25) is 0 Å². The zero-order valence-electron chi connectivity index (χ0n) is 8.68. The van der Waals surface area contributed by atoms with Gasteiger partial charge in [-0.2, -0.15) is 0 Å². The topological polar surface area (TPSA) is 60.2 Å². The second-order valence-electron chi connectivity index (χ2n) is 3.21. The third-order valence-electron chi connectivity index (χ3n) is 2.04. The molecule has 1 rings (SSSR count). The van der Waals surface area contributed by atoms with Crippen LogP contribution in [0.2, 0.25) is 0 Å². The molecule has 0 saturated carbocycles. The van der Waals surface area contributed by atoms with Crippen molar-refractivity contribution >= 4 is 0 Å². The molecule has 0 aliphatic carbocycles. The van der Waals surface area contributed by atoms with Crippen molar-refractivity contribution in [2.75, 3.05) is 13.7 Å². The Bertz CT molecular complexity index is 262. The fourth-order valence-electron chi connectivity index (χ4n) is 1.25. The summed E-state index contributed by atoms with van der Waals surface area (Å²) < 4.78 is 6.60. The molecule has 1 aromatic rings. The summed E-state index contributed by atoms with van der Waals surface area (Å²) in [6.45, 7) is 3.19. The summed E-state index contributed by atoms with van der Waals surface area (Å²) in [7, 11) is 1.56. The molecule has 0 fully saturated rings.